The van der Waals surface area contributed by atoms with Gasteiger partial charge in [-0.2, -0.15) is 0 Å². The number of carbonyl (C=O) groups is 1. The molecule has 0 heterocycles. The van der Waals surface area contributed by atoms with E-state index in [4.69, 9.17) is 5.73 Å². The Labute approximate surface area is 122 Å². The van der Waals surface area contributed by atoms with E-state index in [2.05, 4.69) is 4.90 Å². The van der Waals surface area contributed by atoms with Gasteiger partial charge in [0.15, 0.2) is 0 Å². The number of nitrogens with zero attached hydrogens (tertiary/aromatic N) is 1. The Morgan fingerprint density at radius 1 is 1.00 bits per heavy atom. The Hall–Kier alpha value is -0.570. The third-order valence-electron chi connectivity index (χ3n) is 6.39. The van der Waals surface area contributed by atoms with Gasteiger partial charge in [0.2, 0.25) is 5.91 Å². The lowest BCUT2D eigenvalue weighted by molar-refractivity contribution is -0.149. The first-order chi connectivity index (χ1) is 9.76. The van der Waals surface area contributed by atoms with E-state index in [-0.39, 0.29) is 0 Å². The molecule has 5 aliphatic carbocycles. The van der Waals surface area contributed by atoms with Gasteiger partial charge in [0.1, 0.15) is 0 Å². The molecule has 5 saturated carbocycles. The molecule has 112 valence electrons. The van der Waals surface area contributed by atoms with E-state index in [1.807, 2.05) is 0 Å². The minimum Gasteiger partial charge on any atom is -0.339 e. The van der Waals surface area contributed by atoms with Crippen molar-refractivity contribution in [2.75, 3.05) is 13.1 Å². The van der Waals surface area contributed by atoms with Crippen molar-refractivity contribution < 1.29 is 4.79 Å². The van der Waals surface area contributed by atoms with Crippen molar-refractivity contribution in [1.29, 1.82) is 0 Å². The van der Waals surface area contributed by atoms with Crippen molar-refractivity contribution in [3.8, 4) is 0 Å². The van der Waals surface area contributed by atoms with E-state index in [1.165, 1.54) is 44.9 Å². The zero-order valence-electron chi connectivity index (χ0n) is 12.5. The fraction of sp³-hybridized carbons (Fsp3) is 0.941. The predicted molar refractivity (Wildman–Crippen MR) is 78.9 cm³/mol. The molecule has 0 aromatic heterocycles. The number of amides is 1. The molecule has 0 atom stereocenters. The van der Waals surface area contributed by atoms with Gasteiger partial charge in [-0.05, 0) is 81.6 Å². The second-order valence-corrected chi connectivity index (χ2v) is 7.86. The summed E-state index contributed by atoms with van der Waals surface area (Å²) in [6, 6.07) is 0.561. The molecule has 0 unspecified atom stereocenters. The second kappa shape index (κ2) is 5.01. The molecule has 3 heteroatoms. The highest BCUT2D eigenvalue weighted by atomic mass is 16.2. The van der Waals surface area contributed by atoms with Crippen LogP contribution in [0.4, 0.5) is 0 Å². The molecule has 0 radical (unpaired) electrons. The molecule has 5 rings (SSSR count). The Balaban J connectivity index is 1.49. The maximum Gasteiger partial charge on any atom is 0.226 e. The summed E-state index contributed by atoms with van der Waals surface area (Å²) in [6.07, 6.45) is 10.3. The SMILES string of the molecule is NCCCN(C(=O)C1C2CC3CC(C2)CC1C3)C1CC1. The maximum atomic E-state index is 13.1. The molecule has 20 heavy (non-hydrogen) atoms. The van der Waals surface area contributed by atoms with Crippen LogP contribution in [0.15, 0.2) is 0 Å². The second-order valence-electron chi connectivity index (χ2n) is 7.86. The summed E-state index contributed by atoms with van der Waals surface area (Å²) in [6.45, 7) is 1.61. The van der Waals surface area contributed by atoms with Crippen LogP contribution in [0.3, 0.4) is 0 Å². The molecule has 3 nitrogen and oxygen atoms in total. The molecule has 1 amide bonds. The van der Waals surface area contributed by atoms with Gasteiger partial charge in [-0.15, -0.1) is 0 Å². The van der Waals surface area contributed by atoms with Crippen LogP contribution in [-0.2, 0) is 4.79 Å². The van der Waals surface area contributed by atoms with Crippen LogP contribution < -0.4 is 5.73 Å². The zero-order chi connectivity index (χ0) is 13.7. The summed E-state index contributed by atoms with van der Waals surface area (Å²) >= 11 is 0. The minimum atomic E-state index is 0.376. The zero-order valence-corrected chi connectivity index (χ0v) is 12.5. The molecular weight excluding hydrogens is 248 g/mol. The first kappa shape index (κ1) is 13.1. The van der Waals surface area contributed by atoms with Crippen LogP contribution in [0.5, 0.6) is 0 Å². The van der Waals surface area contributed by atoms with E-state index < -0.39 is 0 Å². The minimum absolute atomic E-state index is 0.376. The topological polar surface area (TPSA) is 46.3 Å². The summed E-state index contributed by atoms with van der Waals surface area (Å²) in [4.78, 5) is 15.3. The van der Waals surface area contributed by atoms with Gasteiger partial charge in [-0.1, -0.05) is 0 Å². The van der Waals surface area contributed by atoms with Crippen LogP contribution in [-0.4, -0.2) is 29.9 Å². The average molecular weight is 276 g/mol. The number of rotatable bonds is 5. The van der Waals surface area contributed by atoms with Crippen molar-refractivity contribution in [1.82, 2.24) is 4.90 Å². The van der Waals surface area contributed by atoms with Gasteiger partial charge in [0.25, 0.3) is 0 Å². The summed E-state index contributed by atoms with van der Waals surface area (Å²) in [5.41, 5.74) is 5.65. The molecule has 0 saturated heterocycles. The number of carbonyl (C=O) groups excluding carboxylic acids is 1. The summed E-state index contributed by atoms with van der Waals surface area (Å²) < 4.78 is 0. The van der Waals surface area contributed by atoms with E-state index >= 15 is 0 Å². The van der Waals surface area contributed by atoms with Crippen molar-refractivity contribution in [3.63, 3.8) is 0 Å². The molecule has 4 bridgehead atoms. The predicted octanol–water partition coefficient (Wildman–Crippen LogP) is 2.40. The average Bonchev–Trinajstić information content (AvgIpc) is 3.22. The van der Waals surface area contributed by atoms with Crippen LogP contribution >= 0.6 is 0 Å². The van der Waals surface area contributed by atoms with Crippen LogP contribution in [0.25, 0.3) is 0 Å². The number of hydrogen-bond acceptors (Lipinski definition) is 2. The lowest BCUT2D eigenvalue weighted by Crippen LogP contribution is -2.52. The van der Waals surface area contributed by atoms with Crippen LogP contribution in [0.1, 0.15) is 51.4 Å². The molecule has 0 spiro atoms. The first-order valence-electron chi connectivity index (χ1n) is 8.76. The molecule has 0 aromatic rings. The number of hydrogen-bond donors (Lipinski definition) is 1. The van der Waals surface area contributed by atoms with Gasteiger partial charge in [-0.3, -0.25) is 4.79 Å². The van der Waals surface area contributed by atoms with E-state index in [0.717, 1.165) is 36.6 Å². The van der Waals surface area contributed by atoms with Crippen molar-refractivity contribution in [2.45, 2.75) is 57.4 Å². The monoisotopic (exact) mass is 276 g/mol. The number of nitrogens with two attached hydrogens (primary N) is 1. The van der Waals surface area contributed by atoms with E-state index in [1.54, 1.807) is 0 Å². The smallest absolute Gasteiger partial charge is 0.226 e. The van der Waals surface area contributed by atoms with Gasteiger partial charge in [0, 0.05) is 18.5 Å². The highest BCUT2D eigenvalue weighted by molar-refractivity contribution is 5.80. The fourth-order valence-electron chi connectivity index (χ4n) is 5.64. The van der Waals surface area contributed by atoms with E-state index in [9.17, 15) is 4.79 Å². The Morgan fingerprint density at radius 2 is 1.60 bits per heavy atom. The third kappa shape index (κ3) is 2.18. The van der Waals surface area contributed by atoms with E-state index in [0.29, 0.717) is 24.4 Å². The Morgan fingerprint density at radius 3 is 2.10 bits per heavy atom. The van der Waals surface area contributed by atoms with Crippen molar-refractivity contribution in [2.24, 2.45) is 35.3 Å². The van der Waals surface area contributed by atoms with Crippen molar-refractivity contribution in [3.05, 3.63) is 0 Å². The first-order valence-corrected chi connectivity index (χ1v) is 8.76. The van der Waals surface area contributed by atoms with Gasteiger partial charge < -0.3 is 10.6 Å². The standard InChI is InChI=1S/C17H28N2O/c18-4-1-5-19(15-2-3-15)17(20)16-13-7-11-6-12(9-13)10-14(16)8-11/h11-16H,1-10,18H2. The summed E-state index contributed by atoms with van der Waals surface area (Å²) in [7, 11) is 0. The summed E-state index contributed by atoms with van der Waals surface area (Å²) in [5, 5.41) is 0. The lowest BCUT2D eigenvalue weighted by Gasteiger charge is -2.54. The molecule has 0 aliphatic heterocycles. The highest BCUT2D eigenvalue weighted by Gasteiger charge is 2.52. The van der Waals surface area contributed by atoms with Crippen molar-refractivity contribution >= 4 is 5.91 Å². The largest absolute Gasteiger partial charge is 0.339 e. The molecule has 2 N–H and O–H groups in total. The van der Waals surface area contributed by atoms with Gasteiger partial charge >= 0.3 is 0 Å². The third-order valence-corrected chi connectivity index (χ3v) is 6.39. The maximum absolute atomic E-state index is 13.1. The Kier molecular flexibility index (Phi) is 3.29. The quantitative estimate of drug-likeness (QED) is 0.838. The highest BCUT2D eigenvalue weighted by Crippen LogP contribution is 2.57. The molecule has 0 aromatic carbocycles. The lowest BCUT2D eigenvalue weighted by atomic mass is 9.51. The Bertz CT molecular complexity index is 362. The normalized spacial score (nSPS) is 42.0. The van der Waals surface area contributed by atoms with Crippen LogP contribution in [0.2, 0.25) is 0 Å². The van der Waals surface area contributed by atoms with Gasteiger partial charge in [0.05, 0.1) is 0 Å². The van der Waals surface area contributed by atoms with Gasteiger partial charge in [-0.25, -0.2) is 0 Å². The van der Waals surface area contributed by atoms with Crippen LogP contribution in [0, 0.1) is 29.6 Å². The summed E-state index contributed by atoms with van der Waals surface area (Å²) in [5.74, 6) is 4.24. The molecule has 5 fully saturated rings. The molecular formula is C17H28N2O. The molecule has 5 aliphatic rings. The fourth-order valence-corrected chi connectivity index (χ4v) is 5.64.